The molecule has 0 aliphatic heterocycles. The van der Waals surface area contributed by atoms with Crippen molar-refractivity contribution in [2.24, 2.45) is 4.99 Å². The Hall–Kier alpha value is -0.0400. The summed E-state index contributed by atoms with van der Waals surface area (Å²) in [5.41, 5.74) is 0. The van der Waals surface area contributed by atoms with Gasteiger partial charge in [0.2, 0.25) is 0 Å². The van der Waals surface area contributed by atoms with Gasteiger partial charge in [-0.15, -0.1) is 24.0 Å². The second-order valence-corrected chi connectivity index (χ2v) is 3.86. The molecule has 0 aromatic carbocycles. The lowest BCUT2D eigenvalue weighted by atomic mass is 10.3. The number of guanidine groups is 1. The highest BCUT2D eigenvalue weighted by atomic mass is 127. The molecule has 1 atom stereocenters. The lowest BCUT2D eigenvalue weighted by molar-refractivity contribution is 0.143. The number of hydrogen-bond acceptors (Lipinski definition) is 2. The Morgan fingerprint density at radius 1 is 1.29 bits per heavy atom. The average Bonchev–Trinajstić information content (AvgIpc) is 2.31. The zero-order valence-corrected chi connectivity index (χ0v) is 13.9. The van der Waals surface area contributed by atoms with Gasteiger partial charge in [-0.05, 0) is 33.1 Å². The summed E-state index contributed by atoms with van der Waals surface area (Å²) >= 11 is 0. The third-order valence-electron chi connectivity index (χ3n) is 2.43. The molecule has 0 heterocycles. The van der Waals surface area contributed by atoms with Crippen LogP contribution in [0.2, 0.25) is 0 Å². The number of aliphatic imine (C=N–C) groups is 1. The molecule has 0 rings (SSSR count). The molecular formula is C12H28IN3O. The minimum atomic E-state index is 0. The molecule has 1 unspecified atom stereocenters. The Morgan fingerprint density at radius 2 is 2.00 bits per heavy atom. The van der Waals surface area contributed by atoms with Crippen LogP contribution in [0.4, 0.5) is 0 Å². The normalized spacial score (nSPS) is 12.8. The van der Waals surface area contributed by atoms with Crippen LogP contribution in [0, 0.1) is 0 Å². The molecule has 0 radical (unpaired) electrons. The number of nitrogens with zero attached hydrogens (tertiary/aromatic N) is 1. The molecule has 0 amide bonds. The van der Waals surface area contributed by atoms with Crippen LogP contribution in [-0.2, 0) is 4.74 Å². The van der Waals surface area contributed by atoms with E-state index < -0.39 is 0 Å². The number of nitrogens with one attached hydrogen (secondary N) is 2. The van der Waals surface area contributed by atoms with Crippen molar-refractivity contribution in [1.29, 1.82) is 0 Å². The minimum absolute atomic E-state index is 0. The smallest absolute Gasteiger partial charge is 0.191 e. The fraction of sp³-hybridized carbons (Fsp3) is 0.917. The molecule has 0 bridgehead atoms. The fourth-order valence-electron chi connectivity index (χ4n) is 1.21. The summed E-state index contributed by atoms with van der Waals surface area (Å²) < 4.78 is 5.28. The van der Waals surface area contributed by atoms with Crippen molar-refractivity contribution in [2.45, 2.75) is 46.1 Å². The van der Waals surface area contributed by atoms with Gasteiger partial charge < -0.3 is 15.4 Å². The number of unbranched alkanes of at least 4 members (excludes halogenated alkanes) is 1. The lowest BCUT2D eigenvalue weighted by Crippen LogP contribution is -2.42. The van der Waals surface area contributed by atoms with Crippen LogP contribution in [0.15, 0.2) is 4.99 Å². The Kier molecular flexibility index (Phi) is 15.9. The predicted octanol–water partition coefficient (Wildman–Crippen LogP) is 2.38. The molecule has 0 fully saturated rings. The van der Waals surface area contributed by atoms with Crippen LogP contribution in [0.1, 0.15) is 40.0 Å². The molecule has 0 aliphatic rings. The van der Waals surface area contributed by atoms with E-state index in [0.29, 0.717) is 6.04 Å². The first kappa shape index (κ1) is 19.3. The molecule has 0 spiro atoms. The first-order chi connectivity index (χ1) is 7.74. The zero-order valence-electron chi connectivity index (χ0n) is 11.6. The van der Waals surface area contributed by atoms with Crippen molar-refractivity contribution < 1.29 is 4.74 Å². The van der Waals surface area contributed by atoms with Gasteiger partial charge in [0, 0.05) is 32.8 Å². The molecule has 4 nitrogen and oxygen atoms in total. The van der Waals surface area contributed by atoms with E-state index in [-0.39, 0.29) is 24.0 Å². The lowest BCUT2D eigenvalue weighted by Gasteiger charge is -2.16. The summed E-state index contributed by atoms with van der Waals surface area (Å²) in [4.78, 5) is 4.17. The molecule has 17 heavy (non-hydrogen) atoms. The van der Waals surface area contributed by atoms with Crippen LogP contribution >= 0.6 is 24.0 Å². The monoisotopic (exact) mass is 357 g/mol. The summed E-state index contributed by atoms with van der Waals surface area (Å²) in [6.45, 7) is 8.95. The molecular weight excluding hydrogens is 329 g/mol. The van der Waals surface area contributed by atoms with E-state index in [1.165, 1.54) is 0 Å². The second kappa shape index (κ2) is 14.0. The molecule has 0 saturated heterocycles. The van der Waals surface area contributed by atoms with E-state index in [9.17, 15) is 0 Å². The van der Waals surface area contributed by atoms with Crippen LogP contribution in [0.3, 0.4) is 0 Å². The SMILES string of the molecule is CCOCCCCNC(=NC)NC(C)CC.I. The number of hydrogen-bond donors (Lipinski definition) is 2. The third-order valence-corrected chi connectivity index (χ3v) is 2.43. The van der Waals surface area contributed by atoms with E-state index in [2.05, 4.69) is 29.5 Å². The Bertz CT molecular complexity index is 189. The van der Waals surface area contributed by atoms with E-state index in [0.717, 1.165) is 45.0 Å². The summed E-state index contributed by atoms with van der Waals surface area (Å²) in [5, 5.41) is 6.62. The highest BCUT2D eigenvalue weighted by molar-refractivity contribution is 14.0. The van der Waals surface area contributed by atoms with Crippen molar-refractivity contribution in [2.75, 3.05) is 26.8 Å². The van der Waals surface area contributed by atoms with Crippen molar-refractivity contribution in [1.82, 2.24) is 10.6 Å². The third kappa shape index (κ3) is 12.2. The van der Waals surface area contributed by atoms with Crippen molar-refractivity contribution in [3.8, 4) is 0 Å². The van der Waals surface area contributed by atoms with Gasteiger partial charge in [-0.3, -0.25) is 4.99 Å². The Morgan fingerprint density at radius 3 is 2.53 bits per heavy atom. The second-order valence-electron chi connectivity index (χ2n) is 3.86. The molecule has 0 aliphatic carbocycles. The summed E-state index contributed by atoms with van der Waals surface area (Å²) in [5.74, 6) is 0.894. The van der Waals surface area contributed by atoms with Crippen LogP contribution in [0.5, 0.6) is 0 Å². The largest absolute Gasteiger partial charge is 0.382 e. The van der Waals surface area contributed by atoms with Gasteiger partial charge >= 0.3 is 0 Å². The maximum atomic E-state index is 5.28. The summed E-state index contributed by atoms with van der Waals surface area (Å²) in [6.07, 6.45) is 3.31. The minimum Gasteiger partial charge on any atom is -0.382 e. The van der Waals surface area contributed by atoms with Crippen molar-refractivity contribution >= 4 is 29.9 Å². The topological polar surface area (TPSA) is 45.6 Å². The van der Waals surface area contributed by atoms with E-state index >= 15 is 0 Å². The van der Waals surface area contributed by atoms with Gasteiger partial charge in [-0.25, -0.2) is 0 Å². The van der Waals surface area contributed by atoms with Gasteiger partial charge in [-0.2, -0.15) is 0 Å². The van der Waals surface area contributed by atoms with Crippen molar-refractivity contribution in [3.05, 3.63) is 0 Å². The molecule has 0 aromatic rings. The maximum Gasteiger partial charge on any atom is 0.191 e. The molecule has 2 N–H and O–H groups in total. The number of rotatable bonds is 8. The average molecular weight is 357 g/mol. The predicted molar refractivity (Wildman–Crippen MR) is 85.4 cm³/mol. The quantitative estimate of drug-likeness (QED) is 0.304. The van der Waals surface area contributed by atoms with Crippen LogP contribution in [-0.4, -0.2) is 38.8 Å². The van der Waals surface area contributed by atoms with E-state index in [4.69, 9.17) is 4.74 Å². The van der Waals surface area contributed by atoms with Crippen LogP contribution < -0.4 is 10.6 Å². The Balaban J connectivity index is 0. The van der Waals surface area contributed by atoms with Crippen molar-refractivity contribution in [3.63, 3.8) is 0 Å². The maximum absolute atomic E-state index is 5.28. The summed E-state index contributed by atoms with van der Waals surface area (Å²) in [7, 11) is 1.80. The van der Waals surface area contributed by atoms with Gasteiger partial charge in [0.05, 0.1) is 0 Å². The zero-order chi connectivity index (χ0) is 12.2. The Labute approximate surface area is 123 Å². The van der Waals surface area contributed by atoms with Crippen LogP contribution in [0.25, 0.3) is 0 Å². The van der Waals surface area contributed by atoms with Gasteiger partial charge in [0.1, 0.15) is 0 Å². The highest BCUT2D eigenvalue weighted by Crippen LogP contribution is 1.90. The fourth-order valence-corrected chi connectivity index (χ4v) is 1.21. The molecule has 5 heteroatoms. The molecule has 0 aromatic heterocycles. The van der Waals surface area contributed by atoms with Gasteiger partial charge in [-0.1, -0.05) is 6.92 Å². The van der Waals surface area contributed by atoms with Gasteiger partial charge in [0.15, 0.2) is 5.96 Å². The van der Waals surface area contributed by atoms with E-state index in [1.807, 2.05) is 6.92 Å². The number of halogens is 1. The van der Waals surface area contributed by atoms with E-state index in [1.54, 1.807) is 7.05 Å². The molecule has 104 valence electrons. The highest BCUT2D eigenvalue weighted by Gasteiger charge is 2.01. The number of ether oxygens (including phenoxy) is 1. The first-order valence-corrected chi connectivity index (χ1v) is 6.29. The standard InChI is InChI=1S/C12H27N3O.HI/c1-5-11(3)15-12(13-4)14-9-7-8-10-16-6-2;/h11H,5-10H2,1-4H3,(H2,13,14,15);1H. The first-order valence-electron chi connectivity index (χ1n) is 6.29. The van der Waals surface area contributed by atoms with Gasteiger partial charge in [0.25, 0.3) is 0 Å². The molecule has 0 saturated carbocycles. The summed E-state index contributed by atoms with van der Waals surface area (Å²) in [6, 6.07) is 0.467.